The summed E-state index contributed by atoms with van der Waals surface area (Å²) in [6, 6.07) is 7.90. The Labute approximate surface area is 133 Å². The predicted molar refractivity (Wildman–Crippen MR) is 95.0 cm³/mol. The van der Waals surface area contributed by atoms with Crippen LogP contribution in [0, 0.1) is 5.92 Å². The minimum Gasteiger partial charge on any atom is -0.505 e. The number of fused-ring (bicyclic) bond motifs is 1. The highest BCUT2D eigenvalue weighted by Gasteiger charge is 2.10. The summed E-state index contributed by atoms with van der Waals surface area (Å²) in [4.78, 5) is 4.30. The fraction of sp³-hybridized carbons (Fsp3) is 0.450. The molecule has 0 aliphatic carbocycles. The van der Waals surface area contributed by atoms with Crippen LogP contribution in [0.2, 0.25) is 0 Å². The van der Waals surface area contributed by atoms with Crippen LogP contribution in [0.15, 0.2) is 36.5 Å². The van der Waals surface area contributed by atoms with Crippen LogP contribution in [0.4, 0.5) is 0 Å². The maximum Gasteiger partial charge on any atom is 0.149 e. The lowest BCUT2D eigenvalue weighted by atomic mass is 9.93. The summed E-state index contributed by atoms with van der Waals surface area (Å²) < 4.78 is 0. The molecule has 1 N–H and O–H groups in total. The van der Waals surface area contributed by atoms with Crippen molar-refractivity contribution >= 4 is 16.5 Å². The third-order valence-electron chi connectivity index (χ3n) is 4.47. The molecule has 2 nitrogen and oxygen atoms in total. The van der Waals surface area contributed by atoms with E-state index in [-0.39, 0.29) is 0 Å². The molecular weight excluding hydrogens is 270 g/mol. The van der Waals surface area contributed by atoms with Crippen LogP contribution >= 0.6 is 0 Å². The SMILES string of the molecule is CCCCC(CC)C/C=C(/C)c1ccc2cccnc2c1O. The zero-order valence-electron chi connectivity index (χ0n) is 14.0. The van der Waals surface area contributed by atoms with Crippen molar-refractivity contribution in [1.29, 1.82) is 0 Å². The standard InChI is InChI=1S/C20H27NO/c1-4-6-8-16(5-2)11-10-15(3)18-13-12-17-9-7-14-21-19(17)20(18)22/h7,9-10,12-14,16,22H,4-6,8,11H2,1-3H3/b15-10-. The number of rotatable bonds is 7. The average molecular weight is 297 g/mol. The van der Waals surface area contributed by atoms with Gasteiger partial charge in [-0.25, -0.2) is 0 Å². The van der Waals surface area contributed by atoms with Gasteiger partial charge in [-0.3, -0.25) is 4.98 Å². The number of hydrogen-bond donors (Lipinski definition) is 1. The van der Waals surface area contributed by atoms with E-state index in [1.165, 1.54) is 25.7 Å². The Morgan fingerprint density at radius 1 is 1.27 bits per heavy atom. The number of pyridine rings is 1. The highest BCUT2D eigenvalue weighted by atomic mass is 16.3. The highest BCUT2D eigenvalue weighted by molar-refractivity contribution is 5.89. The van der Waals surface area contributed by atoms with Gasteiger partial charge in [-0.05, 0) is 30.9 Å². The van der Waals surface area contributed by atoms with Gasteiger partial charge in [0.2, 0.25) is 0 Å². The number of phenols is 1. The van der Waals surface area contributed by atoms with E-state index < -0.39 is 0 Å². The predicted octanol–water partition coefficient (Wildman–Crippen LogP) is 5.95. The third-order valence-corrected chi connectivity index (χ3v) is 4.47. The number of nitrogens with zero attached hydrogens (tertiary/aromatic N) is 1. The third kappa shape index (κ3) is 3.88. The molecule has 1 aromatic heterocycles. The molecule has 1 unspecified atom stereocenters. The van der Waals surface area contributed by atoms with Crippen molar-refractivity contribution in [3.8, 4) is 5.75 Å². The molecule has 1 aromatic carbocycles. The van der Waals surface area contributed by atoms with Crippen LogP contribution in [-0.4, -0.2) is 10.1 Å². The molecular formula is C20H27NO. The van der Waals surface area contributed by atoms with E-state index in [4.69, 9.17) is 0 Å². The monoisotopic (exact) mass is 297 g/mol. The molecule has 0 saturated heterocycles. The summed E-state index contributed by atoms with van der Waals surface area (Å²) in [7, 11) is 0. The van der Waals surface area contributed by atoms with Crippen LogP contribution in [0.25, 0.3) is 16.5 Å². The molecule has 22 heavy (non-hydrogen) atoms. The van der Waals surface area contributed by atoms with Crippen molar-refractivity contribution in [2.24, 2.45) is 5.92 Å². The number of unbranched alkanes of at least 4 members (excludes halogenated alkanes) is 1. The molecule has 0 bridgehead atoms. The quantitative estimate of drug-likeness (QED) is 0.685. The second-order valence-corrected chi connectivity index (χ2v) is 6.08. The van der Waals surface area contributed by atoms with Gasteiger partial charge in [-0.1, -0.05) is 63.8 Å². The minimum atomic E-state index is 0.299. The van der Waals surface area contributed by atoms with Crippen LogP contribution in [0.3, 0.4) is 0 Å². The van der Waals surface area contributed by atoms with Crippen LogP contribution in [-0.2, 0) is 0 Å². The molecule has 118 valence electrons. The molecule has 0 fully saturated rings. The molecule has 2 heteroatoms. The number of benzene rings is 1. The van der Waals surface area contributed by atoms with Gasteiger partial charge in [-0.2, -0.15) is 0 Å². The molecule has 1 atom stereocenters. The normalized spacial score (nSPS) is 13.5. The summed E-state index contributed by atoms with van der Waals surface area (Å²) in [6.07, 6.45) is 10.2. The van der Waals surface area contributed by atoms with E-state index in [0.29, 0.717) is 11.3 Å². The first kappa shape index (κ1) is 16.5. The first-order valence-electron chi connectivity index (χ1n) is 8.41. The Bertz CT molecular complexity index is 645. The molecule has 1 heterocycles. The van der Waals surface area contributed by atoms with Gasteiger partial charge in [0.1, 0.15) is 11.3 Å². The molecule has 2 aromatic rings. The van der Waals surface area contributed by atoms with Crippen molar-refractivity contribution in [2.45, 2.75) is 52.9 Å². The molecule has 0 amide bonds. The van der Waals surface area contributed by atoms with Gasteiger partial charge in [0.05, 0.1) is 0 Å². The molecule has 2 rings (SSSR count). The van der Waals surface area contributed by atoms with E-state index in [2.05, 4.69) is 31.8 Å². The highest BCUT2D eigenvalue weighted by Crippen LogP contribution is 2.32. The number of aromatic hydroxyl groups is 1. The summed E-state index contributed by atoms with van der Waals surface area (Å²) in [5.74, 6) is 1.05. The minimum absolute atomic E-state index is 0.299. The first-order valence-corrected chi connectivity index (χ1v) is 8.41. The molecule has 0 saturated carbocycles. The Hall–Kier alpha value is -1.83. The fourth-order valence-electron chi connectivity index (χ4n) is 2.88. The topological polar surface area (TPSA) is 33.1 Å². The largest absolute Gasteiger partial charge is 0.505 e. The molecule has 0 aliphatic rings. The maximum atomic E-state index is 10.5. The number of hydrogen-bond acceptors (Lipinski definition) is 2. The van der Waals surface area contributed by atoms with E-state index in [9.17, 15) is 5.11 Å². The first-order chi connectivity index (χ1) is 10.7. The van der Waals surface area contributed by atoms with Gasteiger partial charge in [0.25, 0.3) is 0 Å². The van der Waals surface area contributed by atoms with Gasteiger partial charge >= 0.3 is 0 Å². The number of phenolic OH excluding ortho intramolecular Hbond substituents is 1. The Morgan fingerprint density at radius 3 is 2.82 bits per heavy atom. The summed E-state index contributed by atoms with van der Waals surface area (Å²) in [6.45, 7) is 6.59. The van der Waals surface area contributed by atoms with Gasteiger partial charge in [-0.15, -0.1) is 0 Å². The maximum absolute atomic E-state index is 10.5. The van der Waals surface area contributed by atoms with Crippen LogP contribution in [0.5, 0.6) is 5.75 Å². The molecule has 0 spiro atoms. The Morgan fingerprint density at radius 2 is 2.09 bits per heavy atom. The van der Waals surface area contributed by atoms with E-state index in [1.807, 2.05) is 24.3 Å². The fourth-order valence-corrected chi connectivity index (χ4v) is 2.88. The number of aromatic nitrogens is 1. The second kappa shape index (κ2) is 7.98. The van der Waals surface area contributed by atoms with Crippen molar-refractivity contribution in [3.63, 3.8) is 0 Å². The zero-order valence-corrected chi connectivity index (χ0v) is 14.0. The van der Waals surface area contributed by atoms with Crippen LogP contribution < -0.4 is 0 Å². The van der Waals surface area contributed by atoms with Crippen molar-refractivity contribution in [1.82, 2.24) is 4.98 Å². The smallest absolute Gasteiger partial charge is 0.149 e. The lowest BCUT2D eigenvalue weighted by Gasteiger charge is -2.13. The van der Waals surface area contributed by atoms with Crippen molar-refractivity contribution in [2.75, 3.05) is 0 Å². The van der Waals surface area contributed by atoms with Gasteiger partial charge < -0.3 is 5.11 Å². The summed E-state index contributed by atoms with van der Waals surface area (Å²) >= 11 is 0. The zero-order chi connectivity index (χ0) is 15.9. The second-order valence-electron chi connectivity index (χ2n) is 6.08. The molecule has 0 aliphatic heterocycles. The van der Waals surface area contributed by atoms with Crippen LogP contribution in [0.1, 0.15) is 58.4 Å². The van der Waals surface area contributed by atoms with Gasteiger partial charge in [0.15, 0.2) is 0 Å². The summed E-state index contributed by atoms with van der Waals surface area (Å²) in [5, 5.41) is 11.5. The Kier molecular flexibility index (Phi) is 6.00. The van der Waals surface area contributed by atoms with Gasteiger partial charge in [0, 0.05) is 17.1 Å². The number of allylic oxidation sites excluding steroid dienone is 2. The van der Waals surface area contributed by atoms with E-state index in [1.54, 1.807) is 6.20 Å². The lowest BCUT2D eigenvalue weighted by Crippen LogP contribution is -1.97. The van der Waals surface area contributed by atoms with Crippen molar-refractivity contribution in [3.05, 3.63) is 42.1 Å². The Balaban J connectivity index is 2.19. The van der Waals surface area contributed by atoms with E-state index >= 15 is 0 Å². The van der Waals surface area contributed by atoms with E-state index in [0.717, 1.165) is 28.9 Å². The molecule has 0 radical (unpaired) electrons. The summed E-state index contributed by atoms with van der Waals surface area (Å²) in [5.41, 5.74) is 2.72. The lowest BCUT2D eigenvalue weighted by molar-refractivity contribution is 0.456. The van der Waals surface area contributed by atoms with Crippen molar-refractivity contribution < 1.29 is 5.11 Å². The average Bonchev–Trinajstić information content (AvgIpc) is 2.55.